The van der Waals surface area contributed by atoms with Gasteiger partial charge in [0.25, 0.3) is 0 Å². The number of aliphatic hydroxyl groups excluding tert-OH is 1. The Morgan fingerprint density at radius 2 is 1.73 bits per heavy atom. The molecule has 0 amide bonds. The molecule has 4 rings (SSSR count). The summed E-state index contributed by atoms with van der Waals surface area (Å²) in [7, 11) is 0. The highest BCUT2D eigenvalue weighted by molar-refractivity contribution is 5.10. The molecule has 22 heavy (non-hydrogen) atoms. The first-order chi connectivity index (χ1) is 10.5. The van der Waals surface area contributed by atoms with E-state index in [2.05, 4.69) is 20.8 Å². The van der Waals surface area contributed by atoms with E-state index in [4.69, 9.17) is 0 Å². The van der Waals surface area contributed by atoms with Crippen molar-refractivity contribution in [3.05, 3.63) is 0 Å². The smallest absolute Gasteiger partial charge is 0.0599 e. The van der Waals surface area contributed by atoms with Crippen LogP contribution in [0.15, 0.2) is 0 Å². The van der Waals surface area contributed by atoms with Crippen molar-refractivity contribution in [2.45, 2.75) is 91.1 Å². The first-order valence-corrected chi connectivity index (χ1v) is 10.2. The van der Waals surface area contributed by atoms with Crippen molar-refractivity contribution in [3.63, 3.8) is 0 Å². The van der Waals surface area contributed by atoms with Crippen LogP contribution in [0.2, 0.25) is 0 Å². The lowest BCUT2D eigenvalue weighted by molar-refractivity contribution is -0.163. The van der Waals surface area contributed by atoms with Gasteiger partial charge in [-0.2, -0.15) is 0 Å². The van der Waals surface area contributed by atoms with Crippen molar-refractivity contribution < 1.29 is 5.11 Å². The van der Waals surface area contributed by atoms with Crippen LogP contribution < -0.4 is 0 Å². The van der Waals surface area contributed by atoms with Gasteiger partial charge in [0.2, 0.25) is 0 Å². The molecule has 4 saturated carbocycles. The predicted molar refractivity (Wildman–Crippen MR) is 91.5 cm³/mol. The average Bonchev–Trinajstić information content (AvgIpc) is 2.85. The molecular weight excluding hydrogens is 268 g/mol. The summed E-state index contributed by atoms with van der Waals surface area (Å²) in [6, 6.07) is 0. The maximum Gasteiger partial charge on any atom is 0.0599 e. The summed E-state index contributed by atoms with van der Waals surface area (Å²) in [5, 5.41) is 10.9. The van der Waals surface area contributed by atoms with Crippen LogP contribution in [0.3, 0.4) is 0 Å². The van der Waals surface area contributed by atoms with Crippen molar-refractivity contribution >= 4 is 0 Å². The molecule has 0 bridgehead atoms. The summed E-state index contributed by atoms with van der Waals surface area (Å²) in [6.45, 7) is 7.52. The molecular formula is C21H36O. The zero-order chi connectivity index (χ0) is 15.5. The van der Waals surface area contributed by atoms with Crippen molar-refractivity contribution in [3.8, 4) is 0 Å². The van der Waals surface area contributed by atoms with Crippen LogP contribution >= 0.6 is 0 Å². The minimum absolute atomic E-state index is 0.0215. The van der Waals surface area contributed by atoms with E-state index in [0.717, 1.165) is 36.0 Å². The van der Waals surface area contributed by atoms with E-state index >= 15 is 0 Å². The molecule has 4 aliphatic carbocycles. The molecule has 4 aliphatic rings. The zero-order valence-corrected chi connectivity index (χ0v) is 15.0. The van der Waals surface area contributed by atoms with Crippen LogP contribution in [-0.4, -0.2) is 11.2 Å². The molecule has 8 atom stereocenters. The molecule has 0 aromatic heterocycles. The number of hydrogen-bond donors (Lipinski definition) is 1. The van der Waals surface area contributed by atoms with Crippen LogP contribution in [0.1, 0.15) is 85.0 Å². The van der Waals surface area contributed by atoms with Crippen LogP contribution in [0.4, 0.5) is 0 Å². The summed E-state index contributed by atoms with van der Waals surface area (Å²) in [6.07, 6.45) is 13.7. The molecule has 126 valence electrons. The van der Waals surface area contributed by atoms with E-state index < -0.39 is 0 Å². The minimum atomic E-state index is -0.0215. The molecule has 0 saturated heterocycles. The SMILES string of the molecule is CC[C@H]1CC[C@H]2[C@@H]3CC[C@H]4CCCC(O)[C@]4(C)[C@H]3CC[C@]12C. The Morgan fingerprint density at radius 3 is 2.50 bits per heavy atom. The van der Waals surface area contributed by atoms with Gasteiger partial charge in [0.05, 0.1) is 6.10 Å². The fourth-order valence-electron chi connectivity index (χ4n) is 8.09. The summed E-state index contributed by atoms with van der Waals surface area (Å²) in [5.74, 6) is 4.48. The van der Waals surface area contributed by atoms with Crippen LogP contribution in [0.5, 0.6) is 0 Å². The lowest BCUT2D eigenvalue weighted by Crippen LogP contribution is -2.57. The van der Waals surface area contributed by atoms with E-state index in [0.29, 0.717) is 5.41 Å². The number of hydrogen-bond acceptors (Lipinski definition) is 1. The van der Waals surface area contributed by atoms with Gasteiger partial charge in [0.15, 0.2) is 0 Å². The Kier molecular flexibility index (Phi) is 3.68. The molecule has 4 fully saturated rings. The molecule has 0 aromatic rings. The van der Waals surface area contributed by atoms with Crippen LogP contribution in [0.25, 0.3) is 0 Å². The van der Waals surface area contributed by atoms with Crippen molar-refractivity contribution in [2.24, 2.45) is 40.4 Å². The van der Waals surface area contributed by atoms with Gasteiger partial charge in [-0.05, 0) is 91.8 Å². The fourth-order valence-corrected chi connectivity index (χ4v) is 8.09. The fraction of sp³-hybridized carbons (Fsp3) is 1.00. The second kappa shape index (κ2) is 5.23. The molecule has 0 heterocycles. The van der Waals surface area contributed by atoms with Gasteiger partial charge >= 0.3 is 0 Å². The molecule has 0 spiro atoms. The van der Waals surface area contributed by atoms with Gasteiger partial charge in [0, 0.05) is 0 Å². The number of rotatable bonds is 1. The third kappa shape index (κ3) is 1.87. The first kappa shape index (κ1) is 15.5. The zero-order valence-electron chi connectivity index (χ0n) is 15.0. The van der Waals surface area contributed by atoms with Gasteiger partial charge in [0.1, 0.15) is 0 Å². The van der Waals surface area contributed by atoms with Gasteiger partial charge in [-0.15, -0.1) is 0 Å². The maximum absolute atomic E-state index is 10.9. The number of fused-ring (bicyclic) bond motifs is 5. The molecule has 0 aliphatic heterocycles. The Balaban J connectivity index is 1.65. The summed E-state index contributed by atoms with van der Waals surface area (Å²) in [5.41, 5.74) is 0.867. The van der Waals surface area contributed by atoms with Gasteiger partial charge < -0.3 is 5.11 Å². The third-order valence-corrected chi connectivity index (χ3v) is 9.40. The molecule has 1 unspecified atom stereocenters. The molecule has 1 heteroatoms. The van der Waals surface area contributed by atoms with Crippen molar-refractivity contribution in [1.82, 2.24) is 0 Å². The topological polar surface area (TPSA) is 20.2 Å². The minimum Gasteiger partial charge on any atom is -0.393 e. The normalized spacial score (nSPS) is 57.8. The van der Waals surface area contributed by atoms with E-state index in [-0.39, 0.29) is 11.5 Å². The maximum atomic E-state index is 10.9. The van der Waals surface area contributed by atoms with Crippen molar-refractivity contribution in [1.29, 1.82) is 0 Å². The van der Waals surface area contributed by atoms with Crippen molar-refractivity contribution in [2.75, 3.05) is 0 Å². The van der Waals surface area contributed by atoms with Gasteiger partial charge in [-0.1, -0.05) is 33.6 Å². The molecule has 1 N–H and O–H groups in total. The average molecular weight is 305 g/mol. The van der Waals surface area contributed by atoms with E-state index in [1.807, 2.05) is 0 Å². The molecule has 0 radical (unpaired) electrons. The Hall–Kier alpha value is -0.0400. The monoisotopic (exact) mass is 304 g/mol. The molecule has 0 aromatic carbocycles. The second-order valence-corrected chi connectivity index (χ2v) is 9.69. The summed E-state index contributed by atoms with van der Waals surface area (Å²) >= 11 is 0. The van der Waals surface area contributed by atoms with Crippen LogP contribution in [-0.2, 0) is 0 Å². The highest BCUT2D eigenvalue weighted by Gasteiger charge is 2.61. The molecule has 1 nitrogen and oxygen atoms in total. The highest BCUT2D eigenvalue weighted by Crippen LogP contribution is 2.67. The van der Waals surface area contributed by atoms with E-state index in [1.165, 1.54) is 57.8 Å². The highest BCUT2D eigenvalue weighted by atomic mass is 16.3. The Labute approximate surface area is 137 Å². The van der Waals surface area contributed by atoms with Gasteiger partial charge in [-0.25, -0.2) is 0 Å². The largest absolute Gasteiger partial charge is 0.393 e. The van der Waals surface area contributed by atoms with Gasteiger partial charge in [-0.3, -0.25) is 0 Å². The number of aliphatic hydroxyl groups is 1. The Morgan fingerprint density at radius 1 is 0.909 bits per heavy atom. The lowest BCUT2D eigenvalue weighted by Gasteiger charge is -2.61. The summed E-state index contributed by atoms with van der Waals surface area (Å²) in [4.78, 5) is 0. The quantitative estimate of drug-likeness (QED) is 0.686. The Bertz CT molecular complexity index is 432. The second-order valence-electron chi connectivity index (χ2n) is 9.69. The third-order valence-electron chi connectivity index (χ3n) is 9.40. The van der Waals surface area contributed by atoms with Crippen LogP contribution in [0, 0.1) is 40.4 Å². The standard InChI is InChI=1S/C21H36O/c1-4-14-9-11-17-16-10-8-15-6-5-7-19(22)21(15,3)18(16)12-13-20(14,17)2/h14-19,22H,4-13H2,1-3H3/t14-,15+,16-,17-,18-,19?,20+,21-/m0/s1. The van der Waals surface area contributed by atoms with E-state index in [9.17, 15) is 5.11 Å². The lowest BCUT2D eigenvalue weighted by atomic mass is 9.44. The predicted octanol–water partition coefficient (Wildman–Crippen LogP) is 5.42. The summed E-state index contributed by atoms with van der Waals surface area (Å²) < 4.78 is 0. The first-order valence-electron chi connectivity index (χ1n) is 10.2. The van der Waals surface area contributed by atoms with E-state index in [1.54, 1.807) is 0 Å².